The van der Waals surface area contributed by atoms with E-state index in [1.165, 1.54) is 17.7 Å². The highest BCUT2D eigenvalue weighted by molar-refractivity contribution is 9.10. The van der Waals surface area contributed by atoms with Gasteiger partial charge in [-0.15, -0.1) is 0 Å². The minimum atomic E-state index is -0.481. The number of nitro groups is 1. The minimum absolute atomic E-state index is 0.0589. The predicted octanol–water partition coefficient (Wildman–Crippen LogP) is 4.31. The Labute approximate surface area is 160 Å². The Morgan fingerprint density at radius 1 is 1.23 bits per heavy atom. The van der Waals surface area contributed by atoms with Crippen molar-refractivity contribution in [2.45, 2.75) is 25.4 Å². The fourth-order valence-corrected chi connectivity index (χ4v) is 3.43. The van der Waals surface area contributed by atoms with Crippen LogP contribution in [-0.2, 0) is 6.54 Å². The molecule has 0 saturated carbocycles. The van der Waals surface area contributed by atoms with Gasteiger partial charge in [0, 0.05) is 42.3 Å². The van der Waals surface area contributed by atoms with Gasteiger partial charge in [0.2, 0.25) is 0 Å². The molecule has 134 valence electrons. The maximum Gasteiger partial charge on any atom is 0.270 e. The number of benzene rings is 2. The van der Waals surface area contributed by atoms with E-state index in [2.05, 4.69) is 50.4 Å². The lowest BCUT2D eigenvalue weighted by atomic mass is 10.0. The second-order valence-corrected chi connectivity index (χ2v) is 7.34. The van der Waals surface area contributed by atoms with E-state index in [1.54, 1.807) is 6.07 Å². The van der Waals surface area contributed by atoms with Gasteiger partial charge in [0.05, 0.1) is 16.2 Å². The Kier molecular flexibility index (Phi) is 5.86. The first-order chi connectivity index (χ1) is 12.5. The minimum Gasteiger partial charge on any atom is -0.381 e. The Balaban J connectivity index is 1.56. The topological polar surface area (TPSA) is 82.2 Å². The van der Waals surface area contributed by atoms with Crippen molar-refractivity contribution in [1.82, 2.24) is 4.90 Å². The van der Waals surface area contributed by atoms with E-state index in [9.17, 15) is 15.4 Å². The molecular weight excluding hydrogens is 396 g/mol. The number of piperidine rings is 1. The van der Waals surface area contributed by atoms with Crippen LogP contribution in [-0.4, -0.2) is 29.0 Å². The van der Waals surface area contributed by atoms with Gasteiger partial charge in [0.15, 0.2) is 0 Å². The van der Waals surface area contributed by atoms with Gasteiger partial charge in [-0.2, -0.15) is 5.26 Å². The zero-order valence-electron chi connectivity index (χ0n) is 14.2. The zero-order chi connectivity index (χ0) is 18.5. The highest BCUT2D eigenvalue weighted by atomic mass is 79.9. The first-order valence-electron chi connectivity index (χ1n) is 8.47. The van der Waals surface area contributed by atoms with Gasteiger partial charge in [-0.3, -0.25) is 15.0 Å². The van der Waals surface area contributed by atoms with Crippen LogP contribution in [0.15, 0.2) is 46.9 Å². The van der Waals surface area contributed by atoms with E-state index < -0.39 is 4.92 Å². The van der Waals surface area contributed by atoms with Crippen molar-refractivity contribution >= 4 is 27.3 Å². The molecule has 0 atom stereocenters. The molecule has 0 aromatic heterocycles. The summed E-state index contributed by atoms with van der Waals surface area (Å²) >= 11 is 3.45. The van der Waals surface area contributed by atoms with Crippen LogP contribution in [0, 0.1) is 21.4 Å². The van der Waals surface area contributed by atoms with E-state index in [4.69, 9.17) is 0 Å². The lowest BCUT2D eigenvalue weighted by Gasteiger charge is -2.33. The van der Waals surface area contributed by atoms with Crippen LogP contribution >= 0.6 is 15.9 Å². The largest absolute Gasteiger partial charge is 0.381 e. The van der Waals surface area contributed by atoms with E-state index >= 15 is 0 Å². The number of halogens is 1. The van der Waals surface area contributed by atoms with Crippen LogP contribution in [0.25, 0.3) is 0 Å². The summed E-state index contributed by atoms with van der Waals surface area (Å²) in [5.74, 6) is 0. The Morgan fingerprint density at radius 3 is 2.54 bits per heavy atom. The molecule has 1 N–H and O–H groups in total. The van der Waals surface area contributed by atoms with Crippen LogP contribution in [0.2, 0.25) is 0 Å². The molecule has 1 saturated heterocycles. The molecule has 1 fully saturated rings. The normalized spacial score (nSPS) is 15.4. The quantitative estimate of drug-likeness (QED) is 0.582. The summed E-state index contributed by atoms with van der Waals surface area (Å²) in [6, 6.07) is 15.1. The number of non-ortho nitro benzene ring substituents is 1. The molecule has 2 aromatic rings. The summed E-state index contributed by atoms with van der Waals surface area (Å²) < 4.78 is 1.08. The highest BCUT2D eigenvalue weighted by Gasteiger charge is 2.20. The summed E-state index contributed by atoms with van der Waals surface area (Å²) in [5.41, 5.74) is 2.22. The number of nitrogens with one attached hydrogen (secondary N) is 1. The third kappa shape index (κ3) is 4.59. The number of hydrogen-bond acceptors (Lipinski definition) is 5. The van der Waals surface area contributed by atoms with Crippen LogP contribution in [0.4, 0.5) is 11.4 Å². The molecule has 7 heteroatoms. The molecule has 1 heterocycles. The third-order valence-electron chi connectivity index (χ3n) is 4.60. The third-order valence-corrected chi connectivity index (χ3v) is 5.13. The van der Waals surface area contributed by atoms with E-state index in [-0.39, 0.29) is 11.7 Å². The Bertz CT molecular complexity index is 824. The van der Waals surface area contributed by atoms with E-state index in [1.807, 2.05) is 6.07 Å². The summed E-state index contributed by atoms with van der Waals surface area (Å²) in [4.78, 5) is 12.8. The lowest BCUT2D eigenvalue weighted by molar-refractivity contribution is -0.384. The van der Waals surface area contributed by atoms with Gasteiger partial charge >= 0.3 is 0 Å². The van der Waals surface area contributed by atoms with Gasteiger partial charge in [0.1, 0.15) is 6.07 Å². The molecule has 1 aliphatic rings. The van der Waals surface area contributed by atoms with Crippen molar-refractivity contribution in [2.75, 3.05) is 18.4 Å². The summed E-state index contributed by atoms with van der Waals surface area (Å²) in [6.45, 7) is 2.88. The number of likely N-dealkylation sites (tertiary alicyclic amines) is 1. The van der Waals surface area contributed by atoms with Crippen molar-refractivity contribution in [3.8, 4) is 6.07 Å². The van der Waals surface area contributed by atoms with Gasteiger partial charge in [-0.25, -0.2) is 0 Å². The first kappa shape index (κ1) is 18.4. The van der Waals surface area contributed by atoms with Crippen molar-refractivity contribution in [3.63, 3.8) is 0 Å². The van der Waals surface area contributed by atoms with Crippen LogP contribution in [0.5, 0.6) is 0 Å². The zero-order valence-corrected chi connectivity index (χ0v) is 15.8. The molecule has 2 aromatic carbocycles. The average Bonchev–Trinajstić information content (AvgIpc) is 2.65. The standard InChI is InChI=1S/C19H19BrN4O2/c20-16-3-1-14(2-4-16)13-23-9-7-17(8-10-23)22-19-6-5-18(24(25)26)11-15(19)12-21/h1-6,11,17,22H,7-10,13H2. The Morgan fingerprint density at radius 2 is 1.92 bits per heavy atom. The number of anilines is 1. The van der Waals surface area contributed by atoms with Crippen molar-refractivity contribution in [2.24, 2.45) is 0 Å². The molecule has 0 unspecified atom stereocenters. The molecule has 1 aliphatic heterocycles. The molecule has 6 nitrogen and oxygen atoms in total. The number of nitriles is 1. The molecule has 0 aliphatic carbocycles. The maximum absolute atomic E-state index is 10.8. The molecule has 26 heavy (non-hydrogen) atoms. The monoisotopic (exact) mass is 414 g/mol. The van der Waals surface area contributed by atoms with Crippen molar-refractivity contribution in [1.29, 1.82) is 5.26 Å². The van der Waals surface area contributed by atoms with E-state index in [0.717, 1.165) is 36.9 Å². The molecule has 0 amide bonds. The van der Waals surface area contributed by atoms with Crippen molar-refractivity contribution in [3.05, 3.63) is 68.2 Å². The molecular formula is C19H19BrN4O2. The maximum atomic E-state index is 10.8. The van der Waals surface area contributed by atoms with Gasteiger partial charge in [-0.05, 0) is 36.6 Å². The SMILES string of the molecule is N#Cc1cc([N+](=O)[O-])ccc1NC1CCN(Cc2ccc(Br)cc2)CC1. The first-order valence-corrected chi connectivity index (χ1v) is 9.26. The second kappa shape index (κ2) is 8.30. The fourth-order valence-electron chi connectivity index (χ4n) is 3.17. The second-order valence-electron chi connectivity index (χ2n) is 6.42. The molecule has 0 spiro atoms. The number of hydrogen-bond donors (Lipinski definition) is 1. The lowest BCUT2D eigenvalue weighted by Crippen LogP contribution is -2.38. The van der Waals surface area contributed by atoms with Gasteiger partial charge in [-0.1, -0.05) is 28.1 Å². The van der Waals surface area contributed by atoms with Crippen molar-refractivity contribution < 1.29 is 4.92 Å². The Hall–Kier alpha value is -2.43. The number of nitro benzene ring substituents is 1. The van der Waals surface area contributed by atoms with Gasteiger partial charge in [0.25, 0.3) is 5.69 Å². The fraction of sp³-hybridized carbons (Fsp3) is 0.316. The summed E-state index contributed by atoms with van der Waals surface area (Å²) in [7, 11) is 0. The summed E-state index contributed by atoms with van der Waals surface area (Å²) in [6.07, 6.45) is 1.94. The van der Waals surface area contributed by atoms with Gasteiger partial charge < -0.3 is 5.32 Å². The van der Waals surface area contributed by atoms with Crippen LogP contribution in [0.3, 0.4) is 0 Å². The molecule has 3 rings (SSSR count). The number of rotatable bonds is 5. The van der Waals surface area contributed by atoms with Crippen LogP contribution < -0.4 is 5.32 Å². The van der Waals surface area contributed by atoms with E-state index in [0.29, 0.717) is 11.3 Å². The predicted molar refractivity (Wildman–Crippen MR) is 104 cm³/mol. The highest BCUT2D eigenvalue weighted by Crippen LogP contribution is 2.24. The summed E-state index contributed by atoms with van der Waals surface area (Å²) in [5, 5.41) is 23.5. The smallest absolute Gasteiger partial charge is 0.270 e. The number of nitrogens with zero attached hydrogens (tertiary/aromatic N) is 3. The van der Waals surface area contributed by atoms with Crippen LogP contribution in [0.1, 0.15) is 24.0 Å². The molecule has 0 bridgehead atoms. The average molecular weight is 415 g/mol. The molecule has 0 radical (unpaired) electrons.